The van der Waals surface area contributed by atoms with Crippen LogP contribution in [-0.2, 0) is 0 Å². The van der Waals surface area contributed by atoms with Gasteiger partial charge in [0.15, 0.2) is 0 Å². The van der Waals surface area contributed by atoms with Crippen molar-refractivity contribution in [3.05, 3.63) is 24.3 Å². The van der Waals surface area contributed by atoms with Crippen LogP contribution < -0.4 is 10.1 Å². The van der Waals surface area contributed by atoms with Gasteiger partial charge in [-0.05, 0) is 56.7 Å². The van der Waals surface area contributed by atoms with Crippen LogP contribution in [0.2, 0.25) is 0 Å². The molecule has 104 valence electrons. The van der Waals surface area contributed by atoms with Gasteiger partial charge in [-0.1, -0.05) is 18.9 Å². The normalized spacial score (nSPS) is 15.7. The minimum atomic E-state index is 0.0357. The molecule has 0 unspecified atom stereocenters. The van der Waals surface area contributed by atoms with Gasteiger partial charge < -0.3 is 10.1 Å². The smallest absolute Gasteiger partial charge is 0.284 e. The zero-order valence-corrected chi connectivity index (χ0v) is 12.3. The highest BCUT2D eigenvalue weighted by Gasteiger charge is 2.17. The standard InChI is InChI=1S/C15H21NO2S/c1-11(2)18-13-8-5-9-14(10-13)19-15(17)16-12-6-3-4-7-12/h5,8-12H,3-4,6-7H2,1-2H3,(H,16,17). The number of amides is 1. The van der Waals surface area contributed by atoms with Crippen molar-refractivity contribution in [1.29, 1.82) is 0 Å². The Morgan fingerprint density at radius 1 is 1.37 bits per heavy atom. The molecule has 4 heteroatoms. The Kier molecular flexibility index (Phi) is 5.14. The number of rotatable bonds is 4. The van der Waals surface area contributed by atoms with Crippen LogP contribution in [0.5, 0.6) is 5.75 Å². The molecule has 0 spiro atoms. The maximum absolute atomic E-state index is 11.9. The van der Waals surface area contributed by atoms with Gasteiger partial charge in [0.1, 0.15) is 5.75 Å². The molecule has 0 aromatic heterocycles. The van der Waals surface area contributed by atoms with E-state index >= 15 is 0 Å². The van der Waals surface area contributed by atoms with Gasteiger partial charge in [0.25, 0.3) is 5.24 Å². The summed E-state index contributed by atoms with van der Waals surface area (Å²) in [4.78, 5) is 12.8. The van der Waals surface area contributed by atoms with E-state index in [4.69, 9.17) is 4.74 Å². The Morgan fingerprint density at radius 3 is 2.79 bits per heavy atom. The molecule has 2 rings (SSSR count). The van der Waals surface area contributed by atoms with Crippen molar-refractivity contribution in [3.8, 4) is 5.75 Å². The van der Waals surface area contributed by atoms with E-state index < -0.39 is 0 Å². The summed E-state index contributed by atoms with van der Waals surface area (Å²) in [7, 11) is 0. The lowest BCUT2D eigenvalue weighted by atomic mass is 10.3. The molecule has 1 aromatic rings. The second kappa shape index (κ2) is 6.85. The first-order valence-electron chi connectivity index (χ1n) is 6.88. The van der Waals surface area contributed by atoms with Crippen LogP contribution >= 0.6 is 11.8 Å². The zero-order valence-electron chi connectivity index (χ0n) is 11.5. The van der Waals surface area contributed by atoms with Crippen molar-refractivity contribution >= 4 is 17.0 Å². The van der Waals surface area contributed by atoms with Crippen molar-refractivity contribution in [2.24, 2.45) is 0 Å². The van der Waals surface area contributed by atoms with Crippen LogP contribution in [0.1, 0.15) is 39.5 Å². The fourth-order valence-corrected chi connectivity index (χ4v) is 3.02. The quantitative estimate of drug-likeness (QED) is 0.839. The maximum Gasteiger partial charge on any atom is 0.284 e. The largest absolute Gasteiger partial charge is 0.491 e. The number of nitrogens with one attached hydrogen (secondary N) is 1. The summed E-state index contributed by atoms with van der Waals surface area (Å²) >= 11 is 1.24. The summed E-state index contributed by atoms with van der Waals surface area (Å²) < 4.78 is 5.62. The van der Waals surface area contributed by atoms with Crippen molar-refractivity contribution in [2.45, 2.75) is 56.6 Å². The molecule has 19 heavy (non-hydrogen) atoms. The predicted molar refractivity (Wildman–Crippen MR) is 78.9 cm³/mol. The Bertz CT molecular complexity index is 428. The third kappa shape index (κ3) is 4.78. The Labute approximate surface area is 119 Å². The molecule has 1 aromatic carbocycles. The molecule has 3 nitrogen and oxygen atoms in total. The number of carbonyl (C=O) groups is 1. The van der Waals surface area contributed by atoms with Crippen LogP contribution in [0.25, 0.3) is 0 Å². The van der Waals surface area contributed by atoms with Gasteiger partial charge in [-0.3, -0.25) is 4.79 Å². The molecule has 0 saturated heterocycles. The van der Waals surface area contributed by atoms with Crippen molar-refractivity contribution in [3.63, 3.8) is 0 Å². The third-order valence-corrected chi connectivity index (χ3v) is 3.86. The SMILES string of the molecule is CC(C)Oc1cccc(SC(=O)NC2CCCC2)c1. The lowest BCUT2D eigenvalue weighted by Gasteiger charge is -2.12. The third-order valence-electron chi connectivity index (χ3n) is 3.06. The van der Waals surface area contributed by atoms with Gasteiger partial charge in [0, 0.05) is 10.9 Å². The Morgan fingerprint density at radius 2 is 2.11 bits per heavy atom. The number of thioether (sulfide) groups is 1. The molecule has 1 aliphatic carbocycles. The molecule has 1 fully saturated rings. The fourth-order valence-electron chi connectivity index (χ4n) is 2.26. The first kappa shape index (κ1) is 14.3. The summed E-state index contributed by atoms with van der Waals surface area (Å²) in [6, 6.07) is 8.06. The lowest BCUT2D eigenvalue weighted by Crippen LogP contribution is -2.29. The highest BCUT2D eigenvalue weighted by molar-refractivity contribution is 8.13. The fraction of sp³-hybridized carbons (Fsp3) is 0.533. The van der Waals surface area contributed by atoms with Gasteiger partial charge in [-0.2, -0.15) is 0 Å². The van der Waals surface area contributed by atoms with E-state index in [2.05, 4.69) is 5.32 Å². The number of benzene rings is 1. The molecule has 1 aliphatic rings. The molecule has 0 aliphatic heterocycles. The average molecular weight is 279 g/mol. The van der Waals surface area contributed by atoms with Crippen LogP contribution in [0.4, 0.5) is 4.79 Å². The minimum absolute atomic E-state index is 0.0357. The van der Waals surface area contributed by atoms with E-state index in [-0.39, 0.29) is 11.3 Å². The highest BCUT2D eigenvalue weighted by Crippen LogP contribution is 2.25. The summed E-state index contributed by atoms with van der Waals surface area (Å²) in [6.45, 7) is 3.99. The number of hydrogen-bond donors (Lipinski definition) is 1. The first-order valence-corrected chi connectivity index (χ1v) is 7.70. The van der Waals surface area contributed by atoms with Gasteiger partial charge >= 0.3 is 0 Å². The number of carbonyl (C=O) groups excluding carboxylic acids is 1. The molecular weight excluding hydrogens is 258 g/mol. The van der Waals surface area contributed by atoms with Gasteiger partial charge in [0.05, 0.1) is 6.10 Å². The molecule has 1 amide bonds. The highest BCUT2D eigenvalue weighted by atomic mass is 32.2. The van der Waals surface area contributed by atoms with E-state index in [0.29, 0.717) is 6.04 Å². The van der Waals surface area contributed by atoms with E-state index in [9.17, 15) is 4.79 Å². The number of hydrogen-bond acceptors (Lipinski definition) is 3. The van der Waals surface area contributed by atoms with Gasteiger partial charge in [0.2, 0.25) is 0 Å². The molecule has 0 bridgehead atoms. The van der Waals surface area contributed by atoms with Gasteiger partial charge in [-0.15, -0.1) is 0 Å². The van der Waals surface area contributed by atoms with Crippen LogP contribution in [0, 0.1) is 0 Å². The zero-order chi connectivity index (χ0) is 13.7. The molecule has 0 radical (unpaired) electrons. The molecule has 1 saturated carbocycles. The predicted octanol–water partition coefficient (Wildman–Crippen LogP) is 4.22. The molecule has 0 heterocycles. The van der Waals surface area contributed by atoms with Crippen molar-refractivity contribution < 1.29 is 9.53 Å². The summed E-state index contributed by atoms with van der Waals surface area (Å²) in [5.41, 5.74) is 0. The van der Waals surface area contributed by atoms with Crippen LogP contribution in [-0.4, -0.2) is 17.4 Å². The van der Waals surface area contributed by atoms with E-state index in [0.717, 1.165) is 23.5 Å². The average Bonchev–Trinajstić information content (AvgIpc) is 2.81. The summed E-state index contributed by atoms with van der Waals surface area (Å²) in [5, 5.41) is 3.11. The molecule has 0 atom stereocenters. The topological polar surface area (TPSA) is 38.3 Å². The minimum Gasteiger partial charge on any atom is -0.491 e. The molecule has 1 N–H and O–H groups in total. The van der Waals surface area contributed by atoms with Gasteiger partial charge in [-0.25, -0.2) is 0 Å². The Balaban J connectivity index is 1.88. The summed E-state index contributed by atoms with van der Waals surface area (Å²) in [6.07, 6.45) is 4.83. The monoisotopic (exact) mass is 279 g/mol. The summed E-state index contributed by atoms with van der Waals surface area (Å²) in [5.74, 6) is 0.814. The lowest BCUT2D eigenvalue weighted by molar-refractivity contribution is 0.242. The molecular formula is C15H21NO2S. The van der Waals surface area contributed by atoms with E-state index in [1.807, 2.05) is 38.1 Å². The van der Waals surface area contributed by atoms with Crippen LogP contribution in [0.15, 0.2) is 29.2 Å². The van der Waals surface area contributed by atoms with Crippen molar-refractivity contribution in [1.82, 2.24) is 5.32 Å². The maximum atomic E-state index is 11.9. The van der Waals surface area contributed by atoms with Crippen molar-refractivity contribution in [2.75, 3.05) is 0 Å². The number of ether oxygens (including phenoxy) is 1. The second-order valence-corrected chi connectivity index (χ2v) is 6.20. The van der Waals surface area contributed by atoms with Crippen LogP contribution in [0.3, 0.4) is 0 Å². The van der Waals surface area contributed by atoms with E-state index in [1.54, 1.807) is 0 Å². The van der Waals surface area contributed by atoms with E-state index in [1.165, 1.54) is 24.6 Å². The Hall–Kier alpha value is -1.16. The second-order valence-electron chi connectivity index (χ2n) is 5.16. The first-order chi connectivity index (χ1) is 9.13.